The Balaban J connectivity index is 1.43. The molecular formula is C23H25ClF2N4O2. The minimum Gasteiger partial charge on any atom is -0.388 e. The molecule has 32 heavy (non-hydrogen) atoms. The Morgan fingerprint density at radius 2 is 2.00 bits per heavy atom. The number of benzene rings is 2. The molecule has 6 nitrogen and oxygen atoms in total. The Hall–Kier alpha value is -2.71. The summed E-state index contributed by atoms with van der Waals surface area (Å²) in [5.74, 6) is -1.38. The van der Waals surface area contributed by atoms with Gasteiger partial charge in [-0.1, -0.05) is 25.4 Å². The first-order valence-corrected chi connectivity index (χ1v) is 10.9. The van der Waals surface area contributed by atoms with Crippen LogP contribution in [0.4, 0.5) is 19.3 Å². The summed E-state index contributed by atoms with van der Waals surface area (Å²) in [6.07, 6.45) is 2.24. The number of aliphatic hydroxyl groups excluding tert-OH is 1. The maximum atomic E-state index is 13.8. The van der Waals surface area contributed by atoms with Gasteiger partial charge >= 0.3 is 6.03 Å². The summed E-state index contributed by atoms with van der Waals surface area (Å²) in [5, 5.41) is 22.2. The fourth-order valence-electron chi connectivity index (χ4n) is 4.50. The summed E-state index contributed by atoms with van der Waals surface area (Å²) >= 11 is 6.25. The van der Waals surface area contributed by atoms with E-state index in [0.717, 1.165) is 23.0 Å². The van der Waals surface area contributed by atoms with Crippen LogP contribution in [0.5, 0.6) is 0 Å². The third-order valence-corrected chi connectivity index (χ3v) is 6.77. The monoisotopic (exact) mass is 462 g/mol. The first-order valence-electron chi connectivity index (χ1n) is 10.5. The van der Waals surface area contributed by atoms with Crippen molar-refractivity contribution in [3.63, 3.8) is 0 Å². The van der Waals surface area contributed by atoms with E-state index in [0.29, 0.717) is 36.5 Å². The average Bonchev–Trinajstić information content (AvgIpc) is 3.23. The number of halogens is 3. The lowest BCUT2D eigenvalue weighted by Gasteiger charge is -2.43. The molecule has 1 saturated heterocycles. The van der Waals surface area contributed by atoms with E-state index in [9.17, 15) is 18.7 Å². The molecule has 0 spiro atoms. The molecule has 170 valence electrons. The summed E-state index contributed by atoms with van der Waals surface area (Å²) in [6.45, 7) is 4.94. The third kappa shape index (κ3) is 4.29. The van der Waals surface area contributed by atoms with Gasteiger partial charge in [0.05, 0.1) is 23.5 Å². The summed E-state index contributed by atoms with van der Waals surface area (Å²) in [7, 11) is 0. The van der Waals surface area contributed by atoms with Gasteiger partial charge in [-0.25, -0.2) is 13.6 Å². The van der Waals surface area contributed by atoms with E-state index in [2.05, 4.69) is 15.5 Å². The number of amides is 2. The summed E-state index contributed by atoms with van der Waals surface area (Å²) < 4.78 is 26.9. The normalized spacial score (nSPS) is 16.4. The number of likely N-dealkylation sites (tertiary alicyclic amines) is 1. The van der Waals surface area contributed by atoms with Crippen molar-refractivity contribution >= 4 is 34.2 Å². The van der Waals surface area contributed by atoms with Crippen LogP contribution in [0, 0.1) is 23.0 Å². The molecule has 1 unspecified atom stereocenters. The number of fused-ring (bicyclic) bond motifs is 1. The van der Waals surface area contributed by atoms with E-state index in [-0.39, 0.29) is 11.6 Å². The molecule has 3 N–H and O–H groups in total. The van der Waals surface area contributed by atoms with Crippen molar-refractivity contribution < 1.29 is 18.7 Å². The van der Waals surface area contributed by atoms with E-state index >= 15 is 0 Å². The van der Waals surface area contributed by atoms with Crippen molar-refractivity contribution in [1.82, 2.24) is 15.1 Å². The molecule has 1 aromatic heterocycles. The van der Waals surface area contributed by atoms with Gasteiger partial charge in [0.1, 0.15) is 11.6 Å². The fraction of sp³-hybridized carbons (Fsp3) is 0.391. The molecule has 0 radical (unpaired) electrons. The highest BCUT2D eigenvalue weighted by Crippen LogP contribution is 2.46. The second-order valence-electron chi connectivity index (χ2n) is 8.87. The molecule has 2 heterocycles. The highest BCUT2D eigenvalue weighted by molar-refractivity contribution is 6.31. The molecular weight excluding hydrogens is 438 g/mol. The van der Waals surface area contributed by atoms with Gasteiger partial charge in [-0.05, 0) is 48.4 Å². The first kappa shape index (κ1) is 22.5. The van der Waals surface area contributed by atoms with E-state index in [1.165, 1.54) is 6.07 Å². The number of rotatable bonds is 4. The summed E-state index contributed by atoms with van der Waals surface area (Å²) in [4.78, 5) is 14.2. The number of hydrogen-bond donors (Lipinski definition) is 3. The number of piperidine rings is 1. The van der Waals surface area contributed by atoms with E-state index in [4.69, 9.17) is 11.6 Å². The lowest BCUT2D eigenvalue weighted by molar-refractivity contribution is -0.0138. The number of aromatic amines is 1. The first-order chi connectivity index (χ1) is 15.2. The second kappa shape index (κ2) is 8.67. The van der Waals surface area contributed by atoms with Crippen molar-refractivity contribution in [1.29, 1.82) is 0 Å². The van der Waals surface area contributed by atoms with Crippen molar-refractivity contribution in [2.45, 2.75) is 32.8 Å². The van der Waals surface area contributed by atoms with Gasteiger partial charge in [-0.3, -0.25) is 5.10 Å². The molecule has 0 saturated carbocycles. The van der Waals surface area contributed by atoms with E-state index in [1.807, 2.05) is 13.8 Å². The molecule has 4 rings (SSSR count). The van der Waals surface area contributed by atoms with Gasteiger partial charge in [-0.15, -0.1) is 0 Å². The molecule has 1 fully saturated rings. The van der Waals surface area contributed by atoms with Crippen molar-refractivity contribution in [3.05, 3.63) is 58.7 Å². The fourth-order valence-corrected chi connectivity index (χ4v) is 4.73. The number of urea groups is 1. The largest absolute Gasteiger partial charge is 0.388 e. The lowest BCUT2D eigenvalue weighted by atomic mass is 9.68. The Morgan fingerprint density at radius 1 is 1.28 bits per heavy atom. The predicted octanol–water partition coefficient (Wildman–Crippen LogP) is 5.50. The van der Waals surface area contributed by atoms with Crippen LogP contribution >= 0.6 is 11.6 Å². The molecule has 0 bridgehead atoms. The lowest BCUT2D eigenvalue weighted by Crippen LogP contribution is -2.45. The highest BCUT2D eigenvalue weighted by atomic mass is 35.5. The number of aliphatic hydroxyl groups is 1. The van der Waals surface area contributed by atoms with Gasteiger partial charge in [0.25, 0.3) is 0 Å². The molecule has 2 amide bonds. The zero-order valence-corrected chi connectivity index (χ0v) is 18.6. The number of aromatic nitrogens is 2. The van der Waals surface area contributed by atoms with Crippen LogP contribution in [0.3, 0.4) is 0 Å². The minimum atomic E-state index is -0.816. The maximum Gasteiger partial charge on any atom is 0.321 e. The summed E-state index contributed by atoms with van der Waals surface area (Å²) in [6, 6.07) is 6.16. The van der Waals surface area contributed by atoms with Crippen LogP contribution in [0.1, 0.15) is 38.4 Å². The molecule has 1 aliphatic heterocycles. The van der Waals surface area contributed by atoms with Gasteiger partial charge in [0, 0.05) is 35.1 Å². The Labute approximate surface area is 189 Å². The highest BCUT2D eigenvalue weighted by Gasteiger charge is 2.40. The van der Waals surface area contributed by atoms with Crippen molar-refractivity contribution in [2.75, 3.05) is 18.4 Å². The number of nitrogens with zero attached hydrogens (tertiary/aromatic N) is 2. The van der Waals surface area contributed by atoms with Gasteiger partial charge < -0.3 is 15.3 Å². The zero-order chi connectivity index (χ0) is 23.0. The second-order valence-corrected chi connectivity index (χ2v) is 9.31. The van der Waals surface area contributed by atoms with E-state index < -0.39 is 29.2 Å². The number of anilines is 1. The van der Waals surface area contributed by atoms with Crippen molar-refractivity contribution in [3.8, 4) is 0 Å². The van der Waals surface area contributed by atoms with Crippen molar-refractivity contribution in [2.24, 2.45) is 11.3 Å². The third-order valence-electron chi connectivity index (χ3n) is 6.55. The van der Waals surface area contributed by atoms with E-state index in [1.54, 1.807) is 23.2 Å². The average molecular weight is 463 g/mol. The standard InChI is InChI=1S/C23H25ClF2N4O2/c1-23(2,21(31)17-10-15(24)9-13-12-27-29-20(13)17)14-5-7-30(8-6-14)22(32)28-19-4-3-16(25)11-18(19)26/h3-4,9-12,14,21,31H,5-8H2,1-2H3,(H,27,29)(H,28,32). The van der Waals surface area contributed by atoms with Crippen LogP contribution < -0.4 is 5.32 Å². The van der Waals surface area contributed by atoms with Crippen LogP contribution in [0.15, 0.2) is 36.5 Å². The zero-order valence-electron chi connectivity index (χ0n) is 17.8. The van der Waals surface area contributed by atoms with Gasteiger partial charge in [-0.2, -0.15) is 5.10 Å². The van der Waals surface area contributed by atoms with Gasteiger partial charge in [0.15, 0.2) is 0 Å². The van der Waals surface area contributed by atoms with Crippen LogP contribution in [-0.4, -0.2) is 39.3 Å². The number of carbonyl (C=O) groups is 1. The maximum absolute atomic E-state index is 13.8. The SMILES string of the molecule is CC(C)(C1CCN(C(=O)Nc2ccc(F)cc2F)CC1)C(O)c1cc(Cl)cc2cn[nH]c12. The Morgan fingerprint density at radius 3 is 2.69 bits per heavy atom. The number of carbonyl (C=O) groups excluding carboxylic acids is 1. The molecule has 9 heteroatoms. The number of hydrogen-bond acceptors (Lipinski definition) is 3. The van der Waals surface area contributed by atoms with Crippen LogP contribution in [0.2, 0.25) is 5.02 Å². The smallest absolute Gasteiger partial charge is 0.321 e. The summed E-state index contributed by atoms with van der Waals surface area (Å²) in [5.41, 5.74) is 0.905. The van der Waals surface area contributed by atoms with Crippen LogP contribution in [-0.2, 0) is 0 Å². The van der Waals surface area contributed by atoms with Crippen LogP contribution in [0.25, 0.3) is 10.9 Å². The minimum absolute atomic E-state index is 0.0567. The van der Waals surface area contributed by atoms with Gasteiger partial charge in [0.2, 0.25) is 0 Å². The Kier molecular flexibility index (Phi) is 6.09. The molecule has 1 aliphatic rings. The molecule has 2 aromatic carbocycles. The topological polar surface area (TPSA) is 81.2 Å². The Bertz CT molecular complexity index is 1140. The molecule has 1 atom stereocenters. The predicted molar refractivity (Wildman–Crippen MR) is 120 cm³/mol. The number of H-pyrrole nitrogens is 1. The quantitative estimate of drug-likeness (QED) is 0.479. The molecule has 3 aromatic rings. The number of nitrogens with one attached hydrogen (secondary N) is 2. The molecule has 0 aliphatic carbocycles.